The Kier molecular flexibility index (Phi) is 4.56. The summed E-state index contributed by atoms with van der Waals surface area (Å²) in [6, 6.07) is 13.8. The Morgan fingerprint density at radius 1 is 1.17 bits per heavy atom. The Bertz CT molecular complexity index is 1050. The average Bonchev–Trinajstić information content (AvgIpc) is 2.55. The summed E-state index contributed by atoms with van der Waals surface area (Å²) in [6.07, 6.45) is 0.626. The second-order valence-electron chi connectivity index (χ2n) is 5.25. The van der Waals surface area contributed by atoms with E-state index < -0.39 is 18.8 Å². The van der Waals surface area contributed by atoms with Crippen LogP contribution >= 0.6 is 0 Å². The maximum Gasteiger partial charge on any atom is 0.373 e. The highest BCUT2D eigenvalue weighted by Crippen LogP contribution is 2.09. The number of primary sulfonamides is 1. The van der Waals surface area contributed by atoms with Gasteiger partial charge in [0.2, 0.25) is 15.6 Å². The van der Waals surface area contributed by atoms with Crippen LogP contribution in [0.4, 0.5) is 0 Å². The van der Waals surface area contributed by atoms with Gasteiger partial charge in [0, 0.05) is 11.5 Å². The number of hydrogen-bond donors (Lipinski definition) is 3. The average molecular weight is 360 g/mol. The summed E-state index contributed by atoms with van der Waals surface area (Å²) in [5.74, 6) is 0. The molecule has 0 aliphatic rings. The lowest BCUT2D eigenvalue weighted by atomic mass is 10.1. The summed E-state index contributed by atoms with van der Waals surface area (Å²) >= 11 is 0. The number of nitrogens with zero attached hydrogens (tertiary/aromatic N) is 2. The quantitative estimate of drug-likeness (QED) is 0.573. The van der Waals surface area contributed by atoms with Crippen molar-refractivity contribution in [1.82, 2.24) is 9.62 Å². The number of hydrogen-bond acceptors (Lipinski definition) is 5. The van der Waals surface area contributed by atoms with Gasteiger partial charge in [-0.25, -0.2) is 18.5 Å². The lowest BCUT2D eigenvalue weighted by molar-refractivity contribution is 0.595. The molecule has 0 amide bonds. The van der Waals surface area contributed by atoms with Crippen LogP contribution in [-0.4, -0.2) is 38.2 Å². The predicted octanol–water partition coefficient (Wildman–Crippen LogP) is 0.135. The molecule has 0 unspecified atom stereocenters. The molecule has 0 aliphatic carbocycles. The van der Waals surface area contributed by atoms with Crippen LogP contribution in [0.3, 0.4) is 0 Å². The second-order valence-corrected chi connectivity index (χ2v) is 8.29. The first-order chi connectivity index (χ1) is 11.4. The van der Waals surface area contributed by atoms with Crippen molar-refractivity contribution in [3.63, 3.8) is 0 Å². The van der Waals surface area contributed by atoms with Crippen molar-refractivity contribution in [1.29, 1.82) is 0 Å². The molecule has 0 radical (unpaired) electrons. The molecule has 24 heavy (non-hydrogen) atoms. The third kappa shape index (κ3) is 3.75. The van der Waals surface area contributed by atoms with Crippen molar-refractivity contribution in [3.05, 3.63) is 59.7 Å². The van der Waals surface area contributed by atoms with Crippen molar-refractivity contribution in [2.45, 2.75) is 11.3 Å². The molecule has 124 valence electrons. The summed E-state index contributed by atoms with van der Waals surface area (Å²) in [5.41, 5.74) is 2.10. The van der Waals surface area contributed by atoms with E-state index in [0.717, 1.165) is 16.1 Å². The molecule has 3 aromatic rings. The molecular weight excluding hydrogens is 344 g/mol. The van der Waals surface area contributed by atoms with E-state index in [0.29, 0.717) is 18.6 Å². The summed E-state index contributed by atoms with van der Waals surface area (Å²) in [6.45, 7) is 0.470. The van der Waals surface area contributed by atoms with Crippen molar-refractivity contribution in [3.8, 4) is 0 Å². The molecule has 1 aromatic heterocycles. The van der Waals surface area contributed by atoms with E-state index in [2.05, 4.69) is 14.6 Å². The molecule has 0 atom stereocenters. The molecule has 0 spiro atoms. The van der Waals surface area contributed by atoms with Crippen molar-refractivity contribution >= 4 is 29.3 Å². The number of benzene rings is 2. The lowest BCUT2D eigenvalue weighted by Crippen LogP contribution is -2.21. The summed E-state index contributed by atoms with van der Waals surface area (Å²) in [4.78, 5) is 19.8. The van der Waals surface area contributed by atoms with Gasteiger partial charge in [-0.05, 0) is 30.2 Å². The van der Waals surface area contributed by atoms with E-state index in [9.17, 15) is 13.2 Å². The maximum atomic E-state index is 11.2. The number of nitrogens with one attached hydrogen (secondary N) is 1. The molecule has 0 saturated carbocycles. The van der Waals surface area contributed by atoms with Crippen LogP contribution < -0.4 is 10.8 Å². The van der Waals surface area contributed by atoms with Crippen LogP contribution in [0.15, 0.2) is 58.4 Å². The largest absolute Gasteiger partial charge is 0.551 e. The minimum atomic E-state index is -3.67. The van der Waals surface area contributed by atoms with Crippen LogP contribution in [0.2, 0.25) is 0 Å². The van der Waals surface area contributed by atoms with Gasteiger partial charge >= 0.3 is 8.81 Å². The van der Waals surface area contributed by atoms with Gasteiger partial charge in [0.15, 0.2) is 0 Å². The van der Waals surface area contributed by atoms with Gasteiger partial charge in [0.05, 0.1) is 10.4 Å². The summed E-state index contributed by atoms with van der Waals surface area (Å²) < 4.78 is 25.4. The first kappa shape index (κ1) is 16.5. The third-order valence-electron chi connectivity index (χ3n) is 3.53. The Balaban J connectivity index is 1.77. The van der Waals surface area contributed by atoms with Crippen LogP contribution in [0.25, 0.3) is 10.5 Å². The smallest absolute Gasteiger partial charge is 0.373 e. The van der Waals surface area contributed by atoms with Crippen LogP contribution in [0, 0.1) is 0 Å². The van der Waals surface area contributed by atoms with Gasteiger partial charge in [-0.15, -0.1) is 0 Å². The number of fused-ring (bicyclic) bond motifs is 1. The number of nitrogens with two attached hydrogens (primary N) is 1. The molecule has 3 rings (SSSR count). The maximum absolute atomic E-state index is 11.2. The normalized spacial score (nSPS) is 12.6. The van der Waals surface area contributed by atoms with E-state index in [4.69, 9.17) is 5.14 Å². The van der Waals surface area contributed by atoms with Crippen LogP contribution in [0.5, 0.6) is 0 Å². The van der Waals surface area contributed by atoms with Crippen molar-refractivity contribution in [2.24, 2.45) is 10.1 Å². The number of aromatic nitrogens is 2. The van der Waals surface area contributed by atoms with Gasteiger partial charge in [0.1, 0.15) is 0 Å². The zero-order valence-electron chi connectivity index (χ0n) is 12.7. The molecule has 0 fully saturated rings. The third-order valence-corrected chi connectivity index (χ3v) is 5.85. The minimum absolute atomic E-state index is 0.0886. The SMILES string of the molecule is NS(=O)(=O)c1ccc(CCN=c2nc3ccccc3[si](O)[nH]2)cc1. The molecular formula is C15H16N4O3SSi. The van der Waals surface area contributed by atoms with Gasteiger partial charge in [-0.3, -0.25) is 4.99 Å². The molecule has 4 N–H and O–H groups in total. The highest BCUT2D eigenvalue weighted by Gasteiger charge is 2.06. The van der Waals surface area contributed by atoms with Crippen molar-refractivity contribution in [2.75, 3.05) is 6.54 Å². The second kappa shape index (κ2) is 6.63. The summed E-state index contributed by atoms with van der Waals surface area (Å²) in [5, 5.41) is 5.07. The van der Waals surface area contributed by atoms with Gasteiger partial charge < -0.3 is 9.43 Å². The molecule has 0 aliphatic heterocycles. The Morgan fingerprint density at radius 3 is 2.58 bits per heavy atom. The van der Waals surface area contributed by atoms with Gasteiger partial charge in [0.25, 0.3) is 0 Å². The van der Waals surface area contributed by atoms with E-state index in [1.54, 1.807) is 12.1 Å². The Morgan fingerprint density at radius 2 is 1.88 bits per heavy atom. The van der Waals surface area contributed by atoms with Crippen molar-refractivity contribution < 1.29 is 13.2 Å². The Labute approximate surface area is 140 Å². The molecule has 1 heterocycles. The summed E-state index contributed by atoms with van der Waals surface area (Å²) in [7, 11) is -5.54. The number of sulfonamides is 1. The molecule has 2 aromatic carbocycles. The van der Waals surface area contributed by atoms with E-state index in [-0.39, 0.29) is 4.90 Å². The number of para-hydroxylation sites is 1. The predicted molar refractivity (Wildman–Crippen MR) is 91.6 cm³/mol. The first-order valence-corrected chi connectivity index (χ1v) is 10.2. The fourth-order valence-corrected chi connectivity index (χ4v) is 3.93. The highest BCUT2D eigenvalue weighted by atomic mass is 32.2. The van der Waals surface area contributed by atoms with Gasteiger partial charge in [-0.2, -0.15) is 0 Å². The number of H-pyrrole nitrogens is 1. The molecule has 9 heteroatoms. The fourth-order valence-electron chi connectivity index (χ4n) is 2.30. The van der Waals surface area contributed by atoms with Gasteiger partial charge in [-0.1, -0.05) is 30.3 Å². The lowest BCUT2D eigenvalue weighted by Gasteiger charge is -2.01. The highest BCUT2D eigenvalue weighted by molar-refractivity contribution is 7.89. The minimum Gasteiger partial charge on any atom is -0.551 e. The standard InChI is InChI=1S/C15H16N4O3SSi/c16-23(20,21)12-7-5-11(6-8-12)9-10-17-15-18-13-3-1-2-4-14(13)24(22)19-15/h1-8,22H,9-10H2,(H2,16,20,21)(H,17,18,19). The zero-order chi connectivity index (χ0) is 17.2. The number of aromatic amines is 1. The van der Waals surface area contributed by atoms with Crippen LogP contribution in [0.1, 0.15) is 5.56 Å². The Hall–Kier alpha value is -2.36. The monoisotopic (exact) mass is 360 g/mol. The fraction of sp³-hybridized carbons (Fsp3) is 0.133. The molecule has 0 saturated heterocycles. The van der Waals surface area contributed by atoms with E-state index in [1.807, 2.05) is 24.3 Å². The topological polar surface area (TPSA) is 121 Å². The zero-order valence-corrected chi connectivity index (χ0v) is 14.5. The van der Waals surface area contributed by atoms with Crippen LogP contribution in [-0.2, 0) is 16.4 Å². The molecule has 7 nitrogen and oxygen atoms in total. The first-order valence-electron chi connectivity index (χ1n) is 7.24. The van der Waals surface area contributed by atoms with E-state index >= 15 is 0 Å². The molecule has 0 bridgehead atoms. The van der Waals surface area contributed by atoms with E-state index in [1.165, 1.54) is 12.1 Å². The number of rotatable bonds is 4.